The van der Waals surface area contributed by atoms with Crippen LogP contribution in [0.4, 0.5) is 5.69 Å². The minimum atomic E-state index is -0.722. The number of carbonyl (C=O) groups is 2. The van der Waals surface area contributed by atoms with E-state index in [0.717, 1.165) is 16.7 Å². The molecule has 0 aliphatic heterocycles. The minimum Gasteiger partial charge on any atom is -0.481 e. The molecule has 0 aliphatic rings. The van der Waals surface area contributed by atoms with Crippen molar-refractivity contribution in [3.63, 3.8) is 0 Å². The van der Waals surface area contributed by atoms with E-state index in [-0.39, 0.29) is 17.9 Å². The molecule has 0 saturated heterocycles. The lowest BCUT2D eigenvalue weighted by molar-refractivity contribution is -0.122. The van der Waals surface area contributed by atoms with Crippen LogP contribution in [0.2, 0.25) is 0 Å². The number of para-hydroxylation sites is 1. The molecule has 2 amide bonds. The molecule has 0 heterocycles. The molecule has 0 unspecified atom stereocenters. The van der Waals surface area contributed by atoms with E-state index in [1.165, 1.54) is 0 Å². The van der Waals surface area contributed by atoms with Gasteiger partial charge in [-0.05, 0) is 68.7 Å². The number of benzene rings is 3. The van der Waals surface area contributed by atoms with Crippen LogP contribution >= 0.6 is 0 Å². The van der Waals surface area contributed by atoms with Gasteiger partial charge in [0.25, 0.3) is 11.8 Å². The molecule has 5 nitrogen and oxygen atoms in total. The van der Waals surface area contributed by atoms with Crippen molar-refractivity contribution < 1.29 is 14.3 Å². The van der Waals surface area contributed by atoms with Crippen LogP contribution in [0.15, 0.2) is 72.8 Å². The van der Waals surface area contributed by atoms with Gasteiger partial charge in [0, 0.05) is 0 Å². The molecule has 0 bridgehead atoms. The maximum absolute atomic E-state index is 12.9. The average Bonchev–Trinajstić information content (AvgIpc) is 2.73. The van der Waals surface area contributed by atoms with Crippen LogP contribution < -0.4 is 15.4 Å². The Kier molecular flexibility index (Phi) is 7.08. The van der Waals surface area contributed by atoms with Crippen LogP contribution in [-0.2, 0) is 4.79 Å². The summed E-state index contributed by atoms with van der Waals surface area (Å²) in [6.45, 7) is 7.58. The summed E-state index contributed by atoms with van der Waals surface area (Å²) < 4.78 is 5.82. The van der Waals surface area contributed by atoms with Gasteiger partial charge >= 0.3 is 0 Å². The monoisotopic (exact) mass is 416 g/mol. The Bertz CT molecular complexity index is 1040. The SMILES string of the molecule is Cc1cc(C)cc(O[C@H](C)C(=O)Nc2ccccc2C(=O)N[C@@H](C)c2ccccc2)c1. The van der Waals surface area contributed by atoms with Gasteiger partial charge in [-0.15, -0.1) is 0 Å². The number of hydrogen-bond donors (Lipinski definition) is 2. The molecule has 3 aromatic carbocycles. The number of hydrogen-bond acceptors (Lipinski definition) is 3. The zero-order valence-corrected chi connectivity index (χ0v) is 18.3. The lowest BCUT2D eigenvalue weighted by Crippen LogP contribution is -2.32. The van der Waals surface area contributed by atoms with Gasteiger partial charge < -0.3 is 15.4 Å². The van der Waals surface area contributed by atoms with Gasteiger partial charge in [0.1, 0.15) is 5.75 Å². The summed E-state index contributed by atoms with van der Waals surface area (Å²) in [6, 6.07) is 22.3. The number of aryl methyl sites for hydroxylation is 2. The van der Waals surface area contributed by atoms with Gasteiger partial charge in [0.2, 0.25) is 0 Å². The van der Waals surface area contributed by atoms with E-state index in [1.807, 2.05) is 69.3 Å². The Hall–Kier alpha value is -3.60. The first-order chi connectivity index (χ1) is 14.8. The largest absolute Gasteiger partial charge is 0.481 e. The molecule has 160 valence electrons. The van der Waals surface area contributed by atoms with Gasteiger partial charge in [0.15, 0.2) is 6.10 Å². The summed E-state index contributed by atoms with van der Waals surface area (Å²) in [6.07, 6.45) is -0.722. The molecule has 2 atom stereocenters. The summed E-state index contributed by atoms with van der Waals surface area (Å²) >= 11 is 0. The Balaban J connectivity index is 1.69. The molecule has 0 spiro atoms. The summed E-state index contributed by atoms with van der Waals surface area (Å²) in [5, 5.41) is 5.82. The molecule has 31 heavy (non-hydrogen) atoms. The van der Waals surface area contributed by atoms with E-state index < -0.39 is 6.10 Å². The van der Waals surface area contributed by atoms with Crippen LogP contribution in [0.3, 0.4) is 0 Å². The number of ether oxygens (including phenoxy) is 1. The van der Waals surface area contributed by atoms with Crippen molar-refractivity contribution >= 4 is 17.5 Å². The standard InChI is InChI=1S/C26H28N2O3/c1-17-14-18(2)16-22(15-17)31-20(4)25(29)28-24-13-9-8-12-23(24)26(30)27-19(3)21-10-6-5-7-11-21/h5-16,19-20H,1-4H3,(H,27,30)(H,28,29)/t19-,20+/m0/s1. The summed E-state index contributed by atoms with van der Waals surface area (Å²) in [5.74, 6) is 0.0634. The van der Waals surface area contributed by atoms with E-state index in [4.69, 9.17) is 4.74 Å². The van der Waals surface area contributed by atoms with Crippen LogP contribution in [-0.4, -0.2) is 17.9 Å². The molecule has 0 aromatic heterocycles. The highest BCUT2D eigenvalue weighted by Crippen LogP contribution is 2.20. The zero-order chi connectivity index (χ0) is 22.4. The molecule has 0 saturated carbocycles. The summed E-state index contributed by atoms with van der Waals surface area (Å²) in [4.78, 5) is 25.6. The number of nitrogens with one attached hydrogen (secondary N) is 2. The molecule has 0 fully saturated rings. The fourth-order valence-electron chi connectivity index (χ4n) is 3.38. The smallest absolute Gasteiger partial charge is 0.265 e. The van der Waals surface area contributed by atoms with Crippen LogP contribution in [0.25, 0.3) is 0 Å². The zero-order valence-electron chi connectivity index (χ0n) is 18.3. The molecule has 0 radical (unpaired) electrons. The average molecular weight is 417 g/mol. The third-order valence-corrected chi connectivity index (χ3v) is 4.95. The van der Waals surface area contributed by atoms with Crippen molar-refractivity contribution in [2.45, 2.75) is 39.8 Å². The first-order valence-corrected chi connectivity index (χ1v) is 10.3. The minimum absolute atomic E-state index is 0.163. The molecule has 3 aromatic rings. The predicted molar refractivity (Wildman–Crippen MR) is 123 cm³/mol. The second-order valence-electron chi connectivity index (χ2n) is 7.72. The first kappa shape index (κ1) is 22.1. The predicted octanol–water partition coefficient (Wildman–Crippen LogP) is 5.20. The van der Waals surface area contributed by atoms with Crippen molar-refractivity contribution in [1.29, 1.82) is 0 Å². The highest BCUT2D eigenvalue weighted by molar-refractivity contribution is 6.04. The summed E-state index contributed by atoms with van der Waals surface area (Å²) in [5.41, 5.74) is 3.99. The molecule has 3 rings (SSSR count). The third kappa shape index (κ3) is 5.95. The Labute approximate surface area is 183 Å². The fourth-order valence-corrected chi connectivity index (χ4v) is 3.38. The molecule has 2 N–H and O–H groups in total. The lowest BCUT2D eigenvalue weighted by Gasteiger charge is -2.18. The van der Waals surface area contributed by atoms with Gasteiger partial charge in [-0.25, -0.2) is 0 Å². The van der Waals surface area contributed by atoms with Gasteiger partial charge in [0.05, 0.1) is 17.3 Å². The van der Waals surface area contributed by atoms with E-state index in [9.17, 15) is 9.59 Å². The van der Waals surface area contributed by atoms with Gasteiger partial charge in [-0.1, -0.05) is 48.5 Å². The maximum atomic E-state index is 12.9. The van der Waals surface area contributed by atoms with E-state index in [2.05, 4.69) is 10.6 Å². The van der Waals surface area contributed by atoms with Crippen molar-refractivity contribution in [2.24, 2.45) is 0 Å². The van der Waals surface area contributed by atoms with Crippen LogP contribution in [0.5, 0.6) is 5.75 Å². The van der Waals surface area contributed by atoms with E-state index >= 15 is 0 Å². The summed E-state index contributed by atoms with van der Waals surface area (Å²) in [7, 11) is 0. The molecular formula is C26H28N2O3. The number of carbonyl (C=O) groups excluding carboxylic acids is 2. The number of anilines is 1. The number of amides is 2. The molecule has 0 aliphatic carbocycles. The van der Waals surface area contributed by atoms with E-state index in [0.29, 0.717) is 17.0 Å². The highest BCUT2D eigenvalue weighted by atomic mass is 16.5. The maximum Gasteiger partial charge on any atom is 0.265 e. The van der Waals surface area contributed by atoms with E-state index in [1.54, 1.807) is 31.2 Å². The Morgan fingerprint density at radius 3 is 2.13 bits per heavy atom. The lowest BCUT2D eigenvalue weighted by atomic mass is 10.1. The van der Waals surface area contributed by atoms with Gasteiger partial charge in [-0.2, -0.15) is 0 Å². The normalized spacial score (nSPS) is 12.5. The van der Waals surface area contributed by atoms with Crippen LogP contribution in [0.1, 0.15) is 46.9 Å². The Morgan fingerprint density at radius 2 is 1.45 bits per heavy atom. The topological polar surface area (TPSA) is 67.4 Å². The van der Waals surface area contributed by atoms with Gasteiger partial charge in [-0.3, -0.25) is 9.59 Å². The van der Waals surface area contributed by atoms with Crippen molar-refractivity contribution in [3.8, 4) is 5.75 Å². The quantitative estimate of drug-likeness (QED) is 0.556. The van der Waals surface area contributed by atoms with Crippen molar-refractivity contribution in [1.82, 2.24) is 5.32 Å². The number of rotatable bonds is 7. The van der Waals surface area contributed by atoms with Crippen molar-refractivity contribution in [2.75, 3.05) is 5.32 Å². The van der Waals surface area contributed by atoms with Crippen LogP contribution in [0, 0.1) is 13.8 Å². The first-order valence-electron chi connectivity index (χ1n) is 10.3. The highest BCUT2D eigenvalue weighted by Gasteiger charge is 2.19. The second kappa shape index (κ2) is 9.94. The van der Waals surface area contributed by atoms with Crippen molar-refractivity contribution in [3.05, 3.63) is 95.1 Å². The molecular weight excluding hydrogens is 388 g/mol. The second-order valence-corrected chi connectivity index (χ2v) is 7.72. The molecule has 5 heteroatoms. The fraction of sp³-hybridized carbons (Fsp3) is 0.231. The third-order valence-electron chi connectivity index (χ3n) is 4.95. The Morgan fingerprint density at radius 1 is 0.839 bits per heavy atom.